The van der Waals surface area contributed by atoms with Crippen LogP contribution < -0.4 is 16.4 Å². The summed E-state index contributed by atoms with van der Waals surface area (Å²) in [7, 11) is 0. The van der Waals surface area contributed by atoms with Gasteiger partial charge in [-0.05, 0) is 121 Å². The van der Waals surface area contributed by atoms with Gasteiger partial charge in [0.2, 0.25) is 6.71 Å². The first-order valence-electron chi connectivity index (χ1n) is 16.1. The Morgan fingerprint density at radius 2 is 1.07 bits per heavy atom. The molecule has 0 spiro atoms. The second-order valence-electron chi connectivity index (χ2n) is 13.2. The van der Waals surface area contributed by atoms with E-state index in [1.54, 1.807) is 0 Å². The van der Waals surface area contributed by atoms with E-state index in [9.17, 15) is 0 Å². The smallest absolute Gasteiger partial charge is 0.144 e. The summed E-state index contributed by atoms with van der Waals surface area (Å²) in [5.74, 6) is 0. The number of benzene rings is 5. The Labute approximate surface area is 275 Å². The van der Waals surface area contributed by atoms with Crippen molar-refractivity contribution in [2.75, 3.05) is 0 Å². The summed E-state index contributed by atoms with van der Waals surface area (Å²) in [6.45, 7) is 13.9. The predicted molar refractivity (Wildman–Crippen MR) is 201 cm³/mol. The number of aryl methyl sites for hydroxylation is 8. The van der Waals surface area contributed by atoms with Gasteiger partial charge in [0, 0.05) is 9.75 Å². The van der Waals surface area contributed by atoms with Gasteiger partial charge in [0.15, 0.2) is 0 Å². The fraction of sp³-hybridized carbons (Fsp3) is 0.190. The Balaban J connectivity index is 1.56. The average Bonchev–Trinajstić information content (AvgIpc) is 3.73. The molecule has 0 bridgehead atoms. The van der Waals surface area contributed by atoms with Crippen LogP contribution in [-0.4, -0.2) is 6.71 Å². The Morgan fingerprint density at radius 3 is 1.62 bits per heavy atom. The van der Waals surface area contributed by atoms with E-state index in [2.05, 4.69) is 131 Å². The maximum atomic E-state index is 2.59. The van der Waals surface area contributed by atoms with E-state index in [4.69, 9.17) is 0 Å². The Kier molecular flexibility index (Phi) is 6.89. The molecule has 1 aliphatic carbocycles. The molecule has 2 aromatic heterocycles. The zero-order chi connectivity index (χ0) is 31.0. The zero-order valence-electron chi connectivity index (χ0n) is 27.0. The standard InChI is InChI=1S/C42H37BS2/c1-24-19-26(3)41(27(4)20-24)43(42-28(5)21-25(2)22-29(42)6)36-23-35(38-10-8-18-45-38)33-14-12-30-11-13-31(37-9-7-17-44-37)32-15-16-34(36)40(33)39(30)32/h7-14,17-23H,15-16H2,1-6H3. The van der Waals surface area contributed by atoms with Crippen molar-refractivity contribution in [2.45, 2.75) is 54.4 Å². The molecular weight excluding hydrogens is 579 g/mol. The summed E-state index contributed by atoms with van der Waals surface area (Å²) in [6, 6.07) is 30.6. The van der Waals surface area contributed by atoms with E-state index in [1.807, 2.05) is 22.7 Å². The van der Waals surface area contributed by atoms with Gasteiger partial charge in [-0.2, -0.15) is 0 Å². The van der Waals surface area contributed by atoms with E-state index in [0.717, 1.165) is 12.8 Å². The van der Waals surface area contributed by atoms with E-state index >= 15 is 0 Å². The van der Waals surface area contributed by atoms with Crippen LogP contribution in [0.3, 0.4) is 0 Å². The number of thiophene rings is 2. The molecule has 0 N–H and O–H groups in total. The molecule has 0 saturated carbocycles. The first-order chi connectivity index (χ1) is 21.8. The quantitative estimate of drug-likeness (QED) is 0.133. The van der Waals surface area contributed by atoms with Crippen LogP contribution >= 0.6 is 22.7 Å². The van der Waals surface area contributed by atoms with Crippen molar-refractivity contribution in [1.82, 2.24) is 0 Å². The van der Waals surface area contributed by atoms with E-state index < -0.39 is 0 Å². The maximum absolute atomic E-state index is 2.59. The third-order valence-electron chi connectivity index (χ3n) is 10.1. The highest BCUT2D eigenvalue weighted by Gasteiger charge is 2.33. The molecule has 220 valence electrons. The molecule has 0 fully saturated rings. The van der Waals surface area contributed by atoms with Crippen LogP contribution in [0.5, 0.6) is 0 Å². The van der Waals surface area contributed by atoms with Gasteiger partial charge >= 0.3 is 0 Å². The minimum atomic E-state index is 0.154. The van der Waals surface area contributed by atoms with Crippen LogP contribution in [0.15, 0.2) is 89.6 Å². The first kappa shape index (κ1) is 28.6. The van der Waals surface area contributed by atoms with Crippen molar-refractivity contribution in [1.29, 1.82) is 0 Å². The van der Waals surface area contributed by atoms with Crippen LogP contribution in [-0.2, 0) is 12.8 Å². The molecule has 45 heavy (non-hydrogen) atoms. The summed E-state index contributed by atoms with van der Waals surface area (Å²) in [5, 5.41) is 10.1. The van der Waals surface area contributed by atoms with Gasteiger partial charge < -0.3 is 0 Å². The van der Waals surface area contributed by atoms with Crippen molar-refractivity contribution in [2.24, 2.45) is 0 Å². The normalized spacial score (nSPS) is 12.5. The van der Waals surface area contributed by atoms with Gasteiger partial charge in [-0.3, -0.25) is 0 Å². The summed E-state index contributed by atoms with van der Waals surface area (Å²) < 4.78 is 0. The van der Waals surface area contributed by atoms with Gasteiger partial charge in [0.25, 0.3) is 0 Å². The zero-order valence-corrected chi connectivity index (χ0v) is 28.6. The minimum absolute atomic E-state index is 0.154. The minimum Gasteiger partial charge on any atom is -0.144 e. The fourth-order valence-corrected chi connectivity index (χ4v) is 10.1. The molecular formula is C42H37BS2. The first-order valence-corrected chi connectivity index (χ1v) is 17.8. The Morgan fingerprint density at radius 1 is 0.533 bits per heavy atom. The highest BCUT2D eigenvalue weighted by molar-refractivity contribution is 7.14. The summed E-state index contributed by atoms with van der Waals surface area (Å²) >= 11 is 3.71. The molecule has 0 atom stereocenters. The number of rotatable bonds is 5. The molecule has 0 amide bonds. The van der Waals surface area contributed by atoms with Crippen molar-refractivity contribution >= 4 is 67.3 Å². The molecule has 3 heteroatoms. The van der Waals surface area contributed by atoms with Crippen LogP contribution in [0.1, 0.15) is 44.5 Å². The second-order valence-corrected chi connectivity index (χ2v) is 15.1. The predicted octanol–water partition coefficient (Wildman–Crippen LogP) is 9.92. The molecule has 7 aromatic rings. The Bertz CT molecular complexity index is 2170. The topological polar surface area (TPSA) is 0 Å². The van der Waals surface area contributed by atoms with Crippen molar-refractivity contribution in [3.05, 3.63) is 134 Å². The molecule has 0 aliphatic heterocycles. The summed E-state index contributed by atoms with van der Waals surface area (Å²) in [6.07, 6.45) is 2.11. The van der Waals surface area contributed by atoms with E-state index in [0.29, 0.717) is 0 Å². The van der Waals surface area contributed by atoms with Gasteiger partial charge in [-0.25, -0.2) is 0 Å². The summed E-state index contributed by atoms with van der Waals surface area (Å²) in [5.41, 5.74) is 18.5. The highest BCUT2D eigenvalue weighted by Crippen LogP contribution is 2.44. The lowest BCUT2D eigenvalue weighted by atomic mass is 9.33. The lowest BCUT2D eigenvalue weighted by Crippen LogP contribution is -2.57. The number of hydrogen-bond acceptors (Lipinski definition) is 2. The van der Waals surface area contributed by atoms with Crippen molar-refractivity contribution < 1.29 is 0 Å². The lowest BCUT2D eigenvalue weighted by Gasteiger charge is -2.30. The van der Waals surface area contributed by atoms with Crippen LogP contribution in [0.2, 0.25) is 0 Å². The number of hydrogen-bond donors (Lipinski definition) is 0. The van der Waals surface area contributed by atoms with Gasteiger partial charge in [-0.15, -0.1) is 22.7 Å². The molecule has 0 nitrogen and oxygen atoms in total. The molecule has 0 radical (unpaired) electrons. The maximum Gasteiger partial charge on any atom is 0.242 e. The molecule has 2 heterocycles. The van der Waals surface area contributed by atoms with Crippen LogP contribution in [0, 0.1) is 41.5 Å². The molecule has 0 unspecified atom stereocenters. The van der Waals surface area contributed by atoms with Crippen LogP contribution in [0.4, 0.5) is 0 Å². The Hall–Kier alpha value is -3.92. The fourth-order valence-electron chi connectivity index (χ4n) is 8.58. The van der Waals surface area contributed by atoms with Crippen molar-refractivity contribution in [3.8, 4) is 20.9 Å². The van der Waals surface area contributed by atoms with E-state index in [-0.39, 0.29) is 6.71 Å². The molecule has 5 aromatic carbocycles. The molecule has 0 saturated heterocycles. The second kappa shape index (κ2) is 10.9. The highest BCUT2D eigenvalue weighted by atomic mass is 32.1. The summed E-state index contributed by atoms with van der Waals surface area (Å²) in [4.78, 5) is 2.72. The third kappa shape index (κ3) is 4.55. The SMILES string of the molecule is Cc1cc(C)c(B(c2cc(-c3cccs3)c3ccc4ccc(-c5cccs5)c5c4c3c2CC5)c2c(C)cc(C)cc2C)c(C)c1. The van der Waals surface area contributed by atoms with Crippen molar-refractivity contribution in [3.63, 3.8) is 0 Å². The van der Waals surface area contributed by atoms with E-state index in [1.165, 1.54) is 103 Å². The van der Waals surface area contributed by atoms with Crippen LogP contribution in [0.25, 0.3) is 42.4 Å². The molecule has 8 rings (SSSR count). The largest absolute Gasteiger partial charge is 0.242 e. The van der Waals surface area contributed by atoms with Gasteiger partial charge in [-0.1, -0.05) is 116 Å². The lowest BCUT2D eigenvalue weighted by molar-refractivity contribution is 0.976. The van der Waals surface area contributed by atoms with Gasteiger partial charge in [0.05, 0.1) is 0 Å². The monoisotopic (exact) mass is 616 g/mol. The average molecular weight is 617 g/mol. The molecule has 1 aliphatic rings. The van der Waals surface area contributed by atoms with Gasteiger partial charge in [0.1, 0.15) is 0 Å². The third-order valence-corrected chi connectivity index (χ3v) is 11.9.